The maximum absolute atomic E-state index is 10.9. The van der Waals surface area contributed by atoms with Gasteiger partial charge in [0.05, 0.1) is 22.5 Å². The first-order chi connectivity index (χ1) is 8.08. The number of carboxylic acids is 1. The molecule has 0 unspecified atom stereocenters. The average Bonchev–Trinajstić information content (AvgIpc) is 2.30. The Labute approximate surface area is 102 Å². The highest BCUT2D eigenvalue weighted by Gasteiger charge is 2.10. The molecule has 0 atom stereocenters. The zero-order valence-corrected chi connectivity index (χ0v) is 9.35. The van der Waals surface area contributed by atoms with Crippen LogP contribution in [0.25, 0.3) is 11.3 Å². The number of nitrogens with zero attached hydrogens (tertiary/aromatic N) is 1. The molecule has 86 valence electrons. The second-order valence-corrected chi connectivity index (χ2v) is 3.81. The van der Waals surface area contributed by atoms with Crippen molar-refractivity contribution in [1.82, 2.24) is 4.98 Å². The van der Waals surface area contributed by atoms with Crippen LogP contribution >= 0.6 is 11.6 Å². The number of halogens is 1. The molecule has 17 heavy (non-hydrogen) atoms. The van der Waals surface area contributed by atoms with E-state index in [-0.39, 0.29) is 16.3 Å². The molecule has 0 saturated heterocycles. The van der Waals surface area contributed by atoms with Crippen molar-refractivity contribution in [3.05, 3.63) is 47.1 Å². The highest BCUT2D eigenvalue weighted by Crippen LogP contribution is 2.24. The fourth-order valence-corrected chi connectivity index (χ4v) is 1.60. The second-order valence-electron chi connectivity index (χ2n) is 3.40. The SMILES string of the molecule is O=C(O)c1cc(-c2ccc(O)cn2)ccc1Cl. The van der Waals surface area contributed by atoms with E-state index in [1.807, 2.05) is 0 Å². The van der Waals surface area contributed by atoms with E-state index < -0.39 is 5.97 Å². The molecular formula is C12H8ClNO3. The fraction of sp³-hybridized carbons (Fsp3) is 0. The number of hydrogen-bond acceptors (Lipinski definition) is 3. The topological polar surface area (TPSA) is 70.4 Å². The molecule has 4 nitrogen and oxygen atoms in total. The van der Waals surface area contributed by atoms with E-state index in [2.05, 4.69) is 4.98 Å². The van der Waals surface area contributed by atoms with Crippen molar-refractivity contribution in [1.29, 1.82) is 0 Å². The molecule has 0 fully saturated rings. The molecule has 0 bridgehead atoms. The molecule has 1 heterocycles. The predicted molar refractivity (Wildman–Crippen MR) is 63.3 cm³/mol. The third kappa shape index (κ3) is 2.37. The fourth-order valence-electron chi connectivity index (χ4n) is 1.41. The number of benzene rings is 1. The van der Waals surface area contributed by atoms with Crippen molar-refractivity contribution in [2.45, 2.75) is 0 Å². The Bertz CT molecular complexity index is 566. The van der Waals surface area contributed by atoms with Crippen LogP contribution in [0.3, 0.4) is 0 Å². The average molecular weight is 250 g/mol. The standard InChI is InChI=1S/C12H8ClNO3/c13-10-3-1-7(5-9(10)12(16)17)11-4-2-8(15)6-14-11/h1-6,15H,(H,16,17). The molecule has 2 aromatic rings. The highest BCUT2D eigenvalue weighted by atomic mass is 35.5. The normalized spacial score (nSPS) is 10.2. The zero-order valence-electron chi connectivity index (χ0n) is 8.59. The smallest absolute Gasteiger partial charge is 0.337 e. The number of pyridine rings is 1. The molecule has 2 rings (SSSR count). The van der Waals surface area contributed by atoms with Crippen LogP contribution in [0.2, 0.25) is 5.02 Å². The molecule has 1 aromatic heterocycles. The third-order valence-electron chi connectivity index (χ3n) is 2.24. The van der Waals surface area contributed by atoms with E-state index in [4.69, 9.17) is 21.8 Å². The van der Waals surface area contributed by atoms with E-state index in [1.165, 1.54) is 24.4 Å². The van der Waals surface area contributed by atoms with Crippen molar-refractivity contribution in [3.63, 3.8) is 0 Å². The molecule has 0 amide bonds. The van der Waals surface area contributed by atoms with Crippen molar-refractivity contribution in [3.8, 4) is 17.0 Å². The van der Waals surface area contributed by atoms with Gasteiger partial charge in [-0.05, 0) is 24.3 Å². The Hall–Kier alpha value is -2.07. The maximum Gasteiger partial charge on any atom is 0.337 e. The van der Waals surface area contributed by atoms with E-state index >= 15 is 0 Å². The Morgan fingerprint density at radius 2 is 2.00 bits per heavy atom. The summed E-state index contributed by atoms with van der Waals surface area (Å²) in [7, 11) is 0. The maximum atomic E-state index is 10.9. The van der Waals surface area contributed by atoms with E-state index in [9.17, 15) is 4.79 Å². The van der Waals surface area contributed by atoms with Gasteiger partial charge in [0.15, 0.2) is 0 Å². The minimum absolute atomic E-state index is 0.0269. The largest absolute Gasteiger partial charge is 0.506 e. The van der Waals surface area contributed by atoms with Crippen LogP contribution in [0.15, 0.2) is 36.5 Å². The number of aromatic hydroxyl groups is 1. The summed E-state index contributed by atoms with van der Waals surface area (Å²) in [4.78, 5) is 14.9. The van der Waals surface area contributed by atoms with Crippen LogP contribution in [0.5, 0.6) is 5.75 Å². The van der Waals surface area contributed by atoms with Gasteiger partial charge in [-0.25, -0.2) is 4.79 Å². The van der Waals surface area contributed by atoms with Gasteiger partial charge in [0.25, 0.3) is 0 Å². The van der Waals surface area contributed by atoms with Crippen LogP contribution < -0.4 is 0 Å². The van der Waals surface area contributed by atoms with Crippen LogP contribution in [-0.2, 0) is 0 Å². The van der Waals surface area contributed by atoms with E-state index in [0.29, 0.717) is 11.3 Å². The third-order valence-corrected chi connectivity index (χ3v) is 2.57. The summed E-state index contributed by atoms with van der Waals surface area (Å²) in [5.41, 5.74) is 1.23. The van der Waals surface area contributed by atoms with Gasteiger partial charge in [0.1, 0.15) is 5.75 Å². The van der Waals surface area contributed by atoms with Crippen molar-refractivity contribution in [2.24, 2.45) is 0 Å². The van der Waals surface area contributed by atoms with Gasteiger partial charge in [-0.15, -0.1) is 0 Å². The van der Waals surface area contributed by atoms with Crippen LogP contribution in [-0.4, -0.2) is 21.2 Å². The highest BCUT2D eigenvalue weighted by molar-refractivity contribution is 6.33. The summed E-state index contributed by atoms with van der Waals surface area (Å²) in [5.74, 6) is -1.03. The molecule has 0 aliphatic carbocycles. The predicted octanol–water partition coefficient (Wildman–Crippen LogP) is 2.81. The van der Waals surface area contributed by atoms with Gasteiger partial charge in [0.2, 0.25) is 0 Å². The van der Waals surface area contributed by atoms with Crippen molar-refractivity contribution >= 4 is 17.6 Å². The first-order valence-corrected chi connectivity index (χ1v) is 5.14. The number of carboxylic acid groups (broad SMARTS) is 1. The molecule has 0 aliphatic heterocycles. The second kappa shape index (κ2) is 4.43. The Morgan fingerprint density at radius 3 is 2.59 bits per heavy atom. The molecule has 1 aromatic carbocycles. The molecule has 2 N–H and O–H groups in total. The summed E-state index contributed by atoms with van der Waals surface area (Å²) in [6, 6.07) is 7.72. The van der Waals surface area contributed by atoms with Gasteiger partial charge < -0.3 is 10.2 Å². The Morgan fingerprint density at radius 1 is 1.24 bits per heavy atom. The lowest BCUT2D eigenvalue weighted by Gasteiger charge is -2.04. The van der Waals surface area contributed by atoms with E-state index in [1.54, 1.807) is 12.1 Å². The minimum atomic E-state index is -1.09. The quantitative estimate of drug-likeness (QED) is 0.859. The van der Waals surface area contributed by atoms with Gasteiger partial charge in [0, 0.05) is 5.56 Å². The summed E-state index contributed by atoms with van der Waals surface area (Å²) < 4.78 is 0. The van der Waals surface area contributed by atoms with Crippen LogP contribution in [0.4, 0.5) is 0 Å². The van der Waals surface area contributed by atoms with Crippen LogP contribution in [0.1, 0.15) is 10.4 Å². The first kappa shape index (κ1) is 11.4. The molecule has 5 heteroatoms. The minimum Gasteiger partial charge on any atom is -0.506 e. The number of hydrogen-bond donors (Lipinski definition) is 2. The lowest BCUT2D eigenvalue weighted by molar-refractivity contribution is 0.0697. The summed E-state index contributed by atoms with van der Waals surface area (Å²) in [6.07, 6.45) is 1.30. The van der Waals surface area contributed by atoms with Crippen LogP contribution in [0, 0.1) is 0 Å². The summed E-state index contributed by atoms with van der Waals surface area (Å²) in [5, 5.41) is 18.2. The Balaban J connectivity index is 2.50. The molecule has 0 aliphatic rings. The molecule has 0 radical (unpaired) electrons. The number of rotatable bonds is 2. The van der Waals surface area contributed by atoms with Gasteiger partial charge in [-0.2, -0.15) is 0 Å². The van der Waals surface area contributed by atoms with Gasteiger partial charge in [-0.3, -0.25) is 4.98 Å². The lowest BCUT2D eigenvalue weighted by atomic mass is 10.1. The number of aromatic carboxylic acids is 1. The monoisotopic (exact) mass is 249 g/mol. The van der Waals surface area contributed by atoms with Crippen molar-refractivity contribution in [2.75, 3.05) is 0 Å². The molecule has 0 spiro atoms. The Kier molecular flexibility index (Phi) is 2.97. The molecule has 0 saturated carbocycles. The van der Waals surface area contributed by atoms with Gasteiger partial charge >= 0.3 is 5.97 Å². The number of carbonyl (C=O) groups is 1. The van der Waals surface area contributed by atoms with Gasteiger partial charge in [-0.1, -0.05) is 17.7 Å². The zero-order chi connectivity index (χ0) is 12.4. The number of aromatic nitrogens is 1. The lowest BCUT2D eigenvalue weighted by Crippen LogP contribution is -1.97. The summed E-state index contributed by atoms with van der Waals surface area (Å²) in [6.45, 7) is 0. The molecular weight excluding hydrogens is 242 g/mol. The summed E-state index contributed by atoms with van der Waals surface area (Å²) >= 11 is 5.76. The van der Waals surface area contributed by atoms with E-state index in [0.717, 1.165) is 0 Å². The first-order valence-electron chi connectivity index (χ1n) is 4.76. The van der Waals surface area contributed by atoms with Crippen molar-refractivity contribution < 1.29 is 15.0 Å².